The number of carbonyl (C=O) groups excluding carboxylic acids is 1. The Balaban J connectivity index is 0.00000110. The molecule has 0 radical (unpaired) electrons. The van der Waals surface area contributed by atoms with Crippen molar-refractivity contribution in [1.82, 2.24) is 0 Å². The minimum Gasteiger partial charge on any atom is -0.497 e. The summed E-state index contributed by atoms with van der Waals surface area (Å²) in [5.74, 6) is 0.152. The van der Waals surface area contributed by atoms with Gasteiger partial charge in [0.2, 0.25) is 5.91 Å². The third kappa shape index (κ3) is 6.38. The molecule has 4 heteroatoms. The second-order valence-electron chi connectivity index (χ2n) is 4.48. The number of nitrogens with two attached hydrogens (primary N) is 1. The molecule has 0 heterocycles. The molecule has 0 bridgehead atoms. The summed E-state index contributed by atoms with van der Waals surface area (Å²) in [4.78, 5) is 10.8. The summed E-state index contributed by atoms with van der Waals surface area (Å²) in [6.07, 6.45) is 10.2. The number of allylic oxidation sites excluding steroid dienone is 4. The molecule has 20 heavy (non-hydrogen) atoms. The molecule has 112 valence electrons. The van der Waals surface area contributed by atoms with Crippen molar-refractivity contribution in [2.45, 2.75) is 27.2 Å². The first-order chi connectivity index (χ1) is 9.49. The summed E-state index contributed by atoms with van der Waals surface area (Å²) in [7, 11) is 1.58. The maximum Gasteiger partial charge on any atom is 0.244 e. The first-order valence-corrected chi connectivity index (χ1v) is 6.73. The van der Waals surface area contributed by atoms with Crippen LogP contribution in [0.1, 0.15) is 27.2 Å². The fourth-order valence-electron chi connectivity index (χ4n) is 1.43. The van der Waals surface area contributed by atoms with E-state index < -0.39 is 5.91 Å². The third-order valence-corrected chi connectivity index (χ3v) is 2.58. The molecular formula is C16H25NO3. The lowest BCUT2D eigenvalue weighted by Crippen LogP contribution is -2.12. The van der Waals surface area contributed by atoms with E-state index in [0.29, 0.717) is 5.57 Å². The minimum absolute atomic E-state index is 0.00745. The van der Waals surface area contributed by atoms with Crippen LogP contribution in [0, 0.1) is 5.92 Å². The van der Waals surface area contributed by atoms with Crippen molar-refractivity contribution in [2.24, 2.45) is 11.7 Å². The number of hydrogen-bond donors (Lipinski definition) is 2. The van der Waals surface area contributed by atoms with Crippen molar-refractivity contribution in [3.05, 3.63) is 47.3 Å². The average Bonchev–Trinajstić information content (AvgIpc) is 2.45. The molecule has 4 nitrogen and oxygen atoms in total. The smallest absolute Gasteiger partial charge is 0.244 e. The zero-order valence-electron chi connectivity index (χ0n) is 12.7. The maximum absolute atomic E-state index is 10.8. The lowest BCUT2D eigenvalue weighted by Gasteiger charge is -2.16. The van der Waals surface area contributed by atoms with Crippen LogP contribution in [-0.2, 0) is 9.53 Å². The van der Waals surface area contributed by atoms with Crippen LogP contribution in [-0.4, -0.2) is 24.7 Å². The summed E-state index contributed by atoms with van der Waals surface area (Å²) < 4.78 is 5.08. The van der Waals surface area contributed by atoms with Gasteiger partial charge in [0, 0.05) is 11.5 Å². The van der Waals surface area contributed by atoms with Gasteiger partial charge in [-0.15, -0.1) is 0 Å². The lowest BCUT2D eigenvalue weighted by molar-refractivity contribution is -0.114. The van der Waals surface area contributed by atoms with Crippen molar-refractivity contribution in [2.75, 3.05) is 13.7 Å². The Morgan fingerprint density at radius 1 is 1.45 bits per heavy atom. The molecular weight excluding hydrogens is 254 g/mol. The Morgan fingerprint density at radius 2 is 2.05 bits per heavy atom. The van der Waals surface area contributed by atoms with Gasteiger partial charge in [-0.25, -0.2) is 0 Å². The molecule has 0 aromatic heterocycles. The van der Waals surface area contributed by atoms with Crippen molar-refractivity contribution in [3.63, 3.8) is 0 Å². The molecule has 0 fully saturated rings. The highest BCUT2D eigenvalue weighted by Crippen LogP contribution is 2.22. The number of aliphatic hydroxyl groups excluding tert-OH is 1. The Bertz CT molecular complexity index is 431. The van der Waals surface area contributed by atoms with Gasteiger partial charge >= 0.3 is 0 Å². The van der Waals surface area contributed by atoms with Gasteiger partial charge in [0.05, 0.1) is 13.7 Å². The fourth-order valence-corrected chi connectivity index (χ4v) is 1.43. The number of hydrogen-bond acceptors (Lipinski definition) is 3. The van der Waals surface area contributed by atoms with Gasteiger partial charge in [-0.2, -0.15) is 0 Å². The molecule has 0 saturated heterocycles. The van der Waals surface area contributed by atoms with Gasteiger partial charge in [-0.1, -0.05) is 38.5 Å². The van der Waals surface area contributed by atoms with E-state index in [9.17, 15) is 9.90 Å². The van der Waals surface area contributed by atoms with E-state index in [0.717, 1.165) is 11.3 Å². The molecule has 0 aromatic carbocycles. The molecule has 1 unspecified atom stereocenters. The summed E-state index contributed by atoms with van der Waals surface area (Å²) in [6.45, 7) is 5.89. The van der Waals surface area contributed by atoms with Gasteiger partial charge in [-0.05, 0) is 24.6 Å². The highest BCUT2D eigenvalue weighted by Gasteiger charge is 2.13. The number of methoxy groups -OCH3 is 1. The molecule has 1 aliphatic rings. The summed E-state index contributed by atoms with van der Waals surface area (Å²) in [5, 5.41) is 9.26. The van der Waals surface area contributed by atoms with E-state index >= 15 is 0 Å². The second kappa shape index (κ2) is 10.0. The first kappa shape index (κ1) is 18.2. The standard InChI is InChI=1S/C13H17NO3.C3H8/c1-9(13(14)16)3-4-10-5-6-12(17-2)7-11(10)8-15;1-3-2/h3-7,11,15H,8H2,1-2H3,(H2,14,16);3H2,1-2H3/b9-3+,10-4-;. The van der Waals surface area contributed by atoms with Crippen molar-refractivity contribution in [1.29, 1.82) is 0 Å². The Hall–Kier alpha value is -1.81. The predicted octanol–water partition coefficient (Wildman–Crippen LogP) is 2.47. The largest absolute Gasteiger partial charge is 0.497 e. The van der Waals surface area contributed by atoms with Crippen LogP contribution in [0.5, 0.6) is 0 Å². The molecule has 0 saturated carbocycles. The molecule has 0 aliphatic heterocycles. The van der Waals surface area contributed by atoms with Gasteiger partial charge < -0.3 is 15.6 Å². The molecule has 0 aromatic rings. The predicted molar refractivity (Wildman–Crippen MR) is 81.8 cm³/mol. The van der Waals surface area contributed by atoms with Crippen molar-refractivity contribution >= 4 is 5.91 Å². The summed E-state index contributed by atoms with van der Waals surface area (Å²) in [5.41, 5.74) is 6.51. The number of ether oxygens (including phenoxy) is 1. The number of amides is 1. The minimum atomic E-state index is -0.449. The highest BCUT2D eigenvalue weighted by atomic mass is 16.5. The molecule has 3 N–H and O–H groups in total. The van der Waals surface area contributed by atoms with E-state index in [1.807, 2.05) is 18.2 Å². The van der Waals surface area contributed by atoms with E-state index in [2.05, 4.69) is 13.8 Å². The molecule has 0 spiro atoms. The fraction of sp³-hybridized carbons (Fsp3) is 0.438. The third-order valence-electron chi connectivity index (χ3n) is 2.58. The van der Waals surface area contributed by atoms with Crippen molar-refractivity contribution in [3.8, 4) is 0 Å². The Morgan fingerprint density at radius 3 is 2.50 bits per heavy atom. The quantitative estimate of drug-likeness (QED) is 0.776. The summed E-state index contributed by atoms with van der Waals surface area (Å²) >= 11 is 0. The topological polar surface area (TPSA) is 72.6 Å². The first-order valence-electron chi connectivity index (χ1n) is 6.73. The monoisotopic (exact) mass is 279 g/mol. The molecule has 1 aliphatic carbocycles. The SMILES string of the molecule is CCC.COC1=CC(CO)/C(=C\C=C(/C)C(N)=O)C=C1. The van der Waals surface area contributed by atoms with Gasteiger partial charge in [-0.3, -0.25) is 4.79 Å². The molecule has 1 rings (SSSR count). The van der Waals surface area contributed by atoms with Crippen LogP contribution < -0.4 is 5.73 Å². The number of rotatable bonds is 4. The zero-order valence-corrected chi connectivity index (χ0v) is 12.7. The number of aliphatic hydroxyl groups is 1. The Labute approximate surface area is 121 Å². The number of primary amides is 1. The van der Waals surface area contributed by atoms with Crippen LogP contribution >= 0.6 is 0 Å². The van der Waals surface area contributed by atoms with Gasteiger partial charge in [0.15, 0.2) is 0 Å². The highest BCUT2D eigenvalue weighted by molar-refractivity contribution is 5.91. The van der Waals surface area contributed by atoms with Crippen LogP contribution in [0.25, 0.3) is 0 Å². The molecule has 1 amide bonds. The van der Waals surface area contributed by atoms with E-state index in [4.69, 9.17) is 10.5 Å². The lowest BCUT2D eigenvalue weighted by atomic mass is 9.94. The van der Waals surface area contributed by atoms with Crippen LogP contribution in [0.15, 0.2) is 47.3 Å². The van der Waals surface area contributed by atoms with E-state index in [1.54, 1.807) is 26.2 Å². The second-order valence-corrected chi connectivity index (χ2v) is 4.48. The summed E-state index contributed by atoms with van der Waals surface area (Å²) in [6, 6.07) is 0. The molecule has 1 atom stereocenters. The number of carbonyl (C=O) groups is 1. The van der Waals surface area contributed by atoms with E-state index in [1.165, 1.54) is 6.42 Å². The van der Waals surface area contributed by atoms with E-state index in [-0.39, 0.29) is 12.5 Å². The van der Waals surface area contributed by atoms with Crippen LogP contribution in [0.4, 0.5) is 0 Å². The zero-order chi connectivity index (χ0) is 15.5. The normalized spacial score (nSPS) is 20.1. The van der Waals surface area contributed by atoms with Gasteiger partial charge in [0.25, 0.3) is 0 Å². The van der Waals surface area contributed by atoms with Crippen LogP contribution in [0.2, 0.25) is 0 Å². The maximum atomic E-state index is 10.8. The van der Waals surface area contributed by atoms with Crippen LogP contribution in [0.3, 0.4) is 0 Å². The van der Waals surface area contributed by atoms with Crippen molar-refractivity contribution < 1.29 is 14.6 Å². The average molecular weight is 279 g/mol. The van der Waals surface area contributed by atoms with Gasteiger partial charge in [0.1, 0.15) is 5.76 Å². The Kier molecular flexibility index (Phi) is 9.13.